The zero-order valence-corrected chi connectivity index (χ0v) is 40.1. The number of likely N-dealkylation sites (tertiary alicyclic amines) is 1. The summed E-state index contributed by atoms with van der Waals surface area (Å²) >= 11 is 0. The van der Waals surface area contributed by atoms with Crippen molar-refractivity contribution >= 4 is 35.6 Å². The van der Waals surface area contributed by atoms with Crippen LogP contribution >= 0.6 is 0 Å². The molecule has 1 aliphatic rings. The number of primary amides is 1. The highest BCUT2D eigenvalue weighted by Gasteiger charge is 2.43. The minimum atomic E-state index is -0.929. The molecule has 1 aliphatic heterocycles. The third-order valence-electron chi connectivity index (χ3n) is 12.5. The van der Waals surface area contributed by atoms with E-state index in [0.717, 1.165) is 11.1 Å². The number of rotatable bonds is 24. The zero-order valence-electron chi connectivity index (χ0n) is 40.1. The number of hydrogen-bond acceptors (Lipinski definition) is 10. The van der Waals surface area contributed by atoms with Crippen molar-refractivity contribution in [2.45, 2.75) is 130 Å². The Hall–Kier alpha value is -5.06. The van der Waals surface area contributed by atoms with E-state index in [-0.39, 0.29) is 60.6 Å². The summed E-state index contributed by atoms with van der Waals surface area (Å²) in [6.07, 6.45) is -0.0861. The Morgan fingerprint density at radius 2 is 1.45 bits per heavy atom. The van der Waals surface area contributed by atoms with Crippen LogP contribution in [-0.4, -0.2) is 135 Å². The molecule has 4 unspecified atom stereocenters. The van der Waals surface area contributed by atoms with Crippen LogP contribution in [0.1, 0.15) is 85.3 Å². The highest BCUT2D eigenvalue weighted by Crippen LogP contribution is 2.30. The minimum Gasteiger partial charge on any atom is -0.411 e. The Balaban J connectivity index is 1.79. The van der Waals surface area contributed by atoms with E-state index in [1.165, 1.54) is 7.11 Å². The molecule has 1 saturated heterocycles. The van der Waals surface area contributed by atoms with E-state index in [2.05, 4.69) is 16.0 Å². The van der Waals surface area contributed by atoms with Gasteiger partial charge in [0, 0.05) is 40.8 Å². The third kappa shape index (κ3) is 14.7. The molecule has 0 aromatic heterocycles. The summed E-state index contributed by atoms with van der Waals surface area (Å²) in [4.78, 5) is 86.4. The van der Waals surface area contributed by atoms with Gasteiger partial charge >= 0.3 is 6.09 Å². The van der Waals surface area contributed by atoms with Gasteiger partial charge in [-0.1, -0.05) is 97.4 Å². The highest BCUT2D eigenvalue weighted by atomic mass is 16.5. The topological polar surface area (TPSA) is 202 Å². The predicted molar refractivity (Wildman–Crippen MR) is 246 cm³/mol. The minimum absolute atomic E-state index is 0.0222. The van der Waals surface area contributed by atoms with Gasteiger partial charge in [0.05, 0.1) is 42.7 Å². The number of hydrogen-bond donors (Lipinski definition) is 4. The second-order valence-electron chi connectivity index (χ2n) is 18.0. The number of methoxy groups -OCH3 is 2. The molecule has 64 heavy (non-hydrogen) atoms. The molecule has 0 saturated carbocycles. The lowest BCUT2D eigenvalue weighted by atomic mass is 9.89. The fourth-order valence-electron chi connectivity index (χ4n) is 8.88. The number of likely N-dealkylation sites (N-methyl/N-ethyl adjacent to an activating group) is 2. The molecule has 1 fully saturated rings. The summed E-state index contributed by atoms with van der Waals surface area (Å²) in [5, 5.41) is 8.91. The van der Waals surface area contributed by atoms with Crippen LogP contribution in [0.25, 0.3) is 0 Å². The molecule has 5 N–H and O–H groups in total. The van der Waals surface area contributed by atoms with Crippen LogP contribution in [0.5, 0.6) is 5.75 Å². The van der Waals surface area contributed by atoms with Gasteiger partial charge in [0.2, 0.25) is 29.5 Å². The quantitative estimate of drug-likeness (QED) is 0.119. The molecule has 0 spiro atoms. The number of carbonyl (C=O) groups excluding carboxylic acids is 6. The number of nitrogens with one attached hydrogen (secondary N) is 3. The smallest absolute Gasteiger partial charge is 0.409 e. The lowest BCUT2D eigenvalue weighted by Crippen LogP contribution is -2.59. The predicted octanol–water partition coefficient (Wildman–Crippen LogP) is 4.14. The Morgan fingerprint density at radius 3 is 1.98 bits per heavy atom. The average molecular weight is 894 g/mol. The van der Waals surface area contributed by atoms with E-state index in [0.29, 0.717) is 25.8 Å². The van der Waals surface area contributed by atoms with Crippen LogP contribution in [0.2, 0.25) is 0 Å². The van der Waals surface area contributed by atoms with E-state index in [1.807, 2.05) is 90.9 Å². The molecule has 16 heteroatoms. The van der Waals surface area contributed by atoms with E-state index in [1.54, 1.807) is 55.1 Å². The summed E-state index contributed by atoms with van der Waals surface area (Å²) < 4.78 is 17.0. The number of carbonyl (C=O) groups is 6. The molecule has 0 aliphatic carbocycles. The normalized spacial score (nSPS) is 17.7. The summed E-state index contributed by atoms with van der Waals surface area (Å²) in [5.74, 6) is -2.19. The molecular formula is C48H75N7O9. The first-order valence-corrected chi connectivity index (χ1v) is 22.5. The number of benzene rings is 2. The first-order chi connectivity index (χ1) is 30.2. The fourth-order valence-corrected chi connectivity index (χ4v) is 8.88. The molecule has 6 amide bonds. The lowest BCUT2D eigenvalue weighted by Gasteiger charge is -2.41. The van der Waals surface area contributed by atoms with Gasteiger partial charge in [-0.25, -0.2) is 4.79 Å². The second kappa shape index (κ2) is 25.4. The lowest BCUT2D eigenvalue weighted by molar-refractivity contribution is -0.148. The van der Waals surface area contributed by atoms with Crippen molar-refractivity contribution in [1.82, 2.24) is 30.7 Å². The van der Waals surface area contributed by atoms with Gasteiger partial charge in [-0.3, -0.25) is 28.9 Å². The number of amides is 6. The first kappa shape index (κ1) is 53.3. The summed E-state index contributed by atoms with van der Waals surface area (Å²) in [7, 11) is 8.47. The largest absolute Gasteiger partial charge is 0.411 e. The maximum absolute atomic E-state index is 14.4. The molecular weight excluding hydrogens is 819 g/mol. The van der Waals surface area contributed by atoms with Crippen LogP contribution < -0.4 is 26.4 Å². The third-order valence-corrected chi connectivity index (χ3v) is 12.5. The fraction of sp³-hybridized carbons (Fsp3) is 0.625. The maximum Gasteiger partial charge on any atom is 0.409 e. The standard InChI is InChI=1S/C48H75N7O9/c1-13-31(6)42(54(10)47(60)40(29(2)3)52-46(59)41(30(4)5)53(8)9)38(62-11)27-39(56)55-25-17-20-37(55)43(63-12)32(7)44(57)51-36(26-33-18-15-14-16-19-33)45(58)50-28-34-21-23-35(24-22-34)64-48(49)61/h14-16,18-19,21-24,29-32,36-38,40-43H,13,17,20,25-28H2,1-12H3,(H2,49,61)(H,50,58)(H,51,57)(H,52,59)/t31-,32+,36?,37?,38+,40?,41?,42-,43+/m0/s1. The van der Waals surface area contributed by atoms with Crippen LogP contribution in [0.15, 0.2) is 54.6 Å². The Morgan fingerprint density at radius 1 is 0.812 bits per heavy atom. The van der Waals surface area contributed by atoms with Gasteiger partial charge < -0.3 is 45.7 Å². The number of nitrogens with zero attached hydrogens (tertiary/aromatic N) is 3. The maximum atomic E-state index is 14.4. The van der Waals surface area contributed by atoms with E-state index >= 15 is 0 Å². The molecule has 0 radical (unpaired) electrons. The van der Waals surface area contributed by atoms with Crippen LogP contribution in [0.4, 0.5) is 4.79 Å². The SMILES string of the molecule is CC[C@H](C)[C@@H]([C@@H](CC(=O)N1CCCC1[C@H](OC)[C@@H](C)C(=O)NC(Cc1ccccc1)C(=O)NCc1ccc(OC(N)=O)cc1)OC)N(C)C(=O)C(NC(=O)C(C(C)C)N(C)C)C(C)C. The van der Waals surface area contributed by atoms with Crippen LogP contribution in [0, 0.1) is 23.7 Å². The number of ether oxygens (including phenoxy) is 3. The van der Waals surface area contributed by atoms with Crippen molar-refractivity contribution in [3.05, 3.63) is 65.7 Å². The van der Waals surface area contributed by atoms with Crippen molar-refractivity contribution in [3.8, 4) is 5.75 Å². The molecule has 0 bridgehead atoms. The van der Waals surface area contributed by atoms with Gasteiger partial charge in [0.15, 0.2) is 0 Å². The Labute approximate surface area is 380 Å². The van der Waals surface area contributed by atoms with Gasteiger partial charge in [-0.15, -0.1) is 0 Å². The van der Waals surface area contributed by atoms with Gasteiger partial charge in [-0.05, 0) is 68.0 Å². The molecule has 16 nitrogen and oxygen atoms in total. The second-order valence-corrected chi connectivity index (χ2v) is 18.0. The Bertz CT molecular complexity index is 1820. The van der Waals surface area contributed by atoms with Crippen LogP contribution in [0.3, 0.4) is 0 Å². The van der Waals surface area contributed by atoms with E-state index in [9.17, 15) is 28.8 Å². The number of nitrogens with two attached hydrogens (primary N) is 1. The molecule has 2 aromatic rings. The van der Waals surface area contributed by atoms with Crippen LogP contribution in [-0.2, 0) is 46.4 Å². The van der Waals surface area contributed by atoms with Gasteiger partial charge in [-0.2, -0.15) is 0 Å². The zero-order chi connectivity index (χ0) is 47.8. The molecule has 1 heterocycles. The van der Waals surface area contributed by atoms with Gasteiger partial charge in [0.1, 0.15) is 17.8 Å². The average Bonchev–Trinajstić information content (AvgIpc) is 3.74. The Kier molecular flexibility index (Phi) is 21.2. The molecule has 2 aromatic carbocycles. The van der Waals surface area contributed by atoms with Crippen molar-refractivity contribution in [2.75, 3.05) is 41.9 Å². The van der Waals surface area contributed by atoms with Crippen molar-refractivity contribution in [1.29, 1.82) is 0 Å². The summed E-state index contributed by atoms with van der Waals surface area (Å²) in [6.45, 7) is 14.1. The van der Waals surface area contributed by atoms with Crippen molar-refractivity contribution < 1.29 is 43.0 Å². The monoisotopic (exact) mass is 894 g/mol. The molecule has 9 atom stereocenters. The molecule has 356 valence electrons. The van der Waals surface area contributed by atoms with Crippen molar-refractivity contribution in [2.24, 2.45) is 29.4 Å². The van der Waals surface area contributed by atoms with E-state index in [4.69, 9.17) is 19.9 Å². The summed E-state index contributed by atoms with van der Waals surface area (Å²) in [6, 6.07) is 12.8. The first-order valence-electron chi connectivity index (χ1n) is 22.5. The molecule has 3 rings (SSSR count). The van der Waals surface area contributed by atoms with Crippen molar-refractivity contribution in [3.63, 3.8) is 0 Å². The van der Waals surface area contributed by atoms with Gasteiger partial charge in [0.25, 0.3) is 0 Å². The summed E-state index contributed by atoms with van der Waals surface area (Å²) in [5.41, 5.74) is 6.69. The highest BCUT2D eigenvalue weighted by molar-refractivity contribution is 5.91. The van der Waals surface area contributed by atoms with E-state index < -0.39 is 66.2 Å².